The van der Waals surface area contributed by atoms with Crippen molar-refractivity contribution in [1.82, 2.24) is 5.32 Å². The van der Waals surface area contributed by atoms with Gasteiger partial charge >= 0.3 is 0 Å². The summed E-state index contributed by atoms with van der Waals surface area (Å²) in [5.74, 6) is 0. The van der Waals surface area contributed by atoms with Crippen LogP contribution in [0.2, 0.25) is 0 Å². The SMILES string of the molecule is C[C@]12CCN[C@H]1CCc1ccccc12. The first-order valence-corrected chi connectivity index (χ1v) is 5.62. The fourth-order valence-electron chi connectivity index (χ4n) is 3.24. The monoisotopic (exact) mass is 187 g/mol. The molecule has 0 aromatic heterocycles. The third-order valence-electron chi connectivity index (χ3n) is 4.14. The fraction of sp³-hybridized carbons (Fsp3) is 0.538. The van der Waals surface area contributed by atoms with Crippen LogP contribution in [-0.4, -0.2) is 12.6 Å². The highest BCUT2D eigenvalue weighted by Crippen LogP contribution is 2.42. The molecular formula is C13H17N. The maximum absolute atomic E-state index is 3.64. The first-order valence-electron chi connectivity index (χ1n) is 5.62. The Labute approximate surface area is 85.5 Å². The molecule has 1 heteroatoms. The van der Waals surface area contributed by atoms with Crippen molar-refractivity contribution in [3.05, 3.63) is 35.4 Å². The van der Waals surface area contributed by atoms with Crippen molar-refractivity contribution >= 4 is 0 Å². The van der Waals surface area contributed by atoms with Gasteiger partial charge in [-0.1, -0.05) is 31.2 Å². The molecule has 3 rings (SSSR count). The summed E-state index contributed by atoms with van der Waals surface area (Å²) in [5, 5.41) is 3.64. The van der Waals surface area contributed by atoms with E-state index in [0.29, 0.717) is 5.41 Å². The first-order chi connectivity index (χ1) is 6.81. The Bertz CT molecular complexity index is 358. The third kappa shape index (κ3) is 0.992. The Kier molecular flexibility index (Phi) is 1.72. The maximum Gasteiger partial charge on any atom is 0.0165 e. The summed E-state index contributed by atoms with van der Waals surface area (Å²) < 4.78 is 0. The average Bonchev–Trinajstić information content (AvgIpc) is 2.60. The van der Waals surface area contributed by atoms with Gasteiger partial charge in [0.15, 0.2) is 0 Å². The summed E-state index contributed by atoms with van der Waals surface area (Å²) in [6.45, 7) is 3.62. The van der Waals surface area contributed by atoms with Gasteiger partial charge in [-0.2, -0.15) is 0 Å². The summed E-state index contributed by atoms with van der Waals surface area (Å²) in [4.78, 5) is 0. The number of hydrogen-bond acceptors (Lipinski definition) is 1. The van der Waals surface area contributed by atoms with Gasteiger partial charge in [-0.25, -0.2) is 0 Å². The molecule has 1 N–H and O–H groups in total. The Morgan fingerprint density at radius 1 is 1.36 bits per heavy atom. The Morgan fingerprint density at radius 3 is 3.14 bits per heavy atom. The lowest BCUT2D eigenvalue weighted by Gasteiger charge is -2.37. The van der Waals surface area contributed by atoms with Crippen LogP contribution < -0.4 is 5.32 Å². The summed E-state index contributed by atoms with van der Waals surface area (Å²) in [6.07, 6.45) is 3.87. The first kappa shape index (κ1) is 8.49. The van der Waals surface area contributed by atoms with Crippen LogP contribution in [0.3, 0.4) is 0 Å². The van der Waals surface area contributed by atoms with E-state index in [0.717, 1.165) is 6.04 Å². The maximum atomic E-state index is 3.64. The lowest BCUT2D eigenvalue weighted by atomic mass is 9.68. The second-order valence-corrected chi connectivity index (χ2v) is 4.87. The molecule has 0 radical (unpaired) electrons. The molecule has 14 heavy (non-hydrogen) atoms. The zero-order valence-electron chi connectivity index (χ0n) is 8.72. The van der Waals surface area contributed by atoms with Crippen molar-refractivity contribution in [2.24, 2.45) is 0 Å². The number of fused-ring (bicyclic) bond motifs is 3. The quantitative estimate of drug-likeness (QED) is 0.657. The number of aryl methyl sites for hydroxylation is 1. The van der Waals surface area contributed by atoms with Gasteiger partial charge in [-0.05, 0) is 36.9 Å². The molecule has 1 saturated heterocycles. The van der Waals surface area contributed by atoms with Crippen molar-refractivity contribution in [2.75, 3.05) is 6.54 Å². The van der Waals surface area contributed by atoms with Gasteiger partial charge in [0.25, 0.3) is 0 Å². The Hall–Kier alpha value is -0.820. The van der Waals surface area contributed by atoms with Gasteiger partial charge < -0.3 is 5.32 Å². The van der Waals surface area contributed by atoms with Gasteiger partial charge in [0.1, 0.15) is 0 Å². The molecule has 1 fully saturated rings. The molecule has 2 aliphatic rings. The highest BCUT2D eigenvalue weighted by Gasteiger charge is 2.43. The van der Waals surface area contributed by atoms with Crippen LogP contribution in [0.4, 0.5) is 0 Å². The molecule has 1 heterocycles. The fourth-order valence-corrected chi connectivity index (χ4v) is 3.24. The lowest BCUT2D eigenvalue weighted by Crippen LogP contribution is -2.41. The van der Waals surface area contributed by atoms with E-state index in [9.17, 15) is 0 Å². The highest BCUT2D eigenvalue weighted by atomic mass is 15.0. The van der Waals surface area contributed by atoms with Gasteiger partial charge in [-0.3, -0.25) is 0 Å². The van der Waals surface area contributed by atoms with E-state index in [-0.39, 0.29) is 0 Å². The second kappa shape index (κ2) is 2.83. The lowest BCUT2D eigenvalue weighted by molar-refractivity contribution is 0.358. The van der Waals surface area contributed by atoms with Crippen molar-refractivity contribution in [3.63, 3.8) is 0 Å². The smallest absolute Gasteiger partial charge is 0.0165 e. The van der Waals surface area contributed by atoms with Crippen LogP contribution in [0.5, 0.6) is 0 Å². The summed E-state index contributed by atoms with van der Waals surface area (Å²) >= 11 is 0. The second-order valence-electron chi connectivity index (χ2n) is 4.87. The molecule has 0 amide bonds. The third-order valence-corrected chi connectivity index (χ3v) is 4.14. The van der Waals surface area contributed by atoms with E-state index in [4.69, 9.17) is 0 Å². The number of hydrogen-bond donors (Lipinski definition) is 1. The minimum Gasteiger partial charge on any atom is -0.313 e. The molecule has 0 saturated carbocycles. The molecule has 0 unspecified atom stereocenters. The molecule has 1 aliphatic heterocycles. The van der Waals surface area contributed by atoms with E-state index in [1.165, 1.54) is 25.8 Å². The molecule has 1 aromatic carbocycles. The van der Waals surface area contributed by atoms with E-state index in [1.807, 2.05) is 0 Å². The number of nitrogens with one attached hydrogen (secondary N) is 1. The molecule has 1 aromatic rings. The van der Waals surface area contributed by atoms with Crippen LogP contribution in [0.15, 0.2) is 24.3 Å². The van der Waals surface area contributed by atoms with Crippen molar-refractivity contribution in [1.29, 1.82) is 0 Å². The molecular weight excluding hydrogens is 170 g/mol. The van der Waals surface area contributed by atoms with Crippen LogP contribution >= 0.6 is 0 Å². The molecule has 74 valence electrons. The topological polar surface area (TPSA) is 12.0 Å². The van der Waals surface area contributed by atoms with Gasteiger partial charge in [0, 0.05) is 11.5 Å². The molecule has 0 spiro atoms. The highest BCUT2D eigenvalue weighted by molar-refractivity contribution is 5.39. The Morgan fingerprint density at radius 2 is 2.21 bits per heavy atom. The predicted molar refractivity (Wildman–Crippen MR) is 58.5 cm³/mol. The van der Waals surface area contributed by atoms with Crippen LogP contribution in [0, 0.1) is 0 Å². The van der Waals surface area contributed by atoms with Crippen LogP contribution in [-0.2, 0) is 11.8 Å². The molecule has 0 bridgehead atoms. The van der Waals surface area contributed by atoms with E-state index >= 15 is 0 Å². The standard InChI is InChI=1S/C13H17N/c1-13-8-9-14-12(13)7-6-10-4-2-3-5-11(10)13/h2-5,12,14H,6-9H2,1H3/t12-,13+/m0/s1. The van der Waals surface area contributed by atoms with E-state index in [1.54, 1.807) is 11.1 Å². The van der Waals surface area contributed by atoms with Crippen LogP contribution in [0.25, 0.3) is 0 Å². The van der Waals surface area contributed by atoms with Gasteiger partial charge in [0.05, 0.1) is 0 Å². The largest absolute Gasteiger partial charge is 0.313 e. The van der Waals surface area contributed by atoms with Gasteiger partial charge in [-0.15, -0.1) is 0 Å². The summed E-state index contributed by atoms with van der Waals surface area (Å²) in [6, 6.07) is 9.71. The van der Waals surface area contributed by atoms with Crippen molar-refractivity contribution in [2.45, 2.75) is 37.6 Å². The number of rotatable bonds is 0. The zero-order chi connectivity index (χ0) is 9.60. The number of benzene rings is 1. The average molecular weight is 187 g/mol. The minimum atomic E-state index is 0.412. The van der Waals surface area contributed by atoms with Crippen LogP contribution in [0.1, 0.15) is 30.9 Å². The molecule has 1 aliphatic carbocycles. The summed E-state index contributed by atoms with van der Waals surface area (Å²) in [7, 11) is 0. The normalized spacial score (nSPS) is 35.1. The van der Waals surface area contributed by atoms with E-state index in [2.05, 4.69) is 36.5 Å². The molecule has 1 nitrogen and oxygen atoms in total. The predicted octanol–water partition coefficient (Wildman–Crippen LogP) is 2.25. The Balaban J connectivity index is 2.15. The van der Waals surface area contributed by atoms with Crippen molar-refractivity contribution < 1.29 is 0 Å². The minimum absolute atomic E-state index is 0.412. The summed E-state index contributed by atoms with van der Waals surface area (Å²) in [5.41, 5.74) is 3.59. The van der Waals surface area contributed by atoms with E-state index < -0.39 is 0 Å². The van der Waals surface area contributed by atoms with Crippen molar-refractivity contribution in [3.8, 4) is 0 Å². The van der Waals surface area contributed by atoms with Gasteiger partial charge in [0.2, 0.25) is 0 Å². The zero-order valence-corrected chi connectivity index (χ0v) is 8.72. The molecule has 2 atom stereocenters.